The number of nitrogens with two attached hydrogens (primary N) is 2. The molecule has 2 amide bonds. The van der Waals surface area contributed by atoms with Crippen molar-refractivity contribution in [2.45, 2.75) is 65.4 Å². The van der Waals surface area contributed by atoms with Crippen molar-refractivity contribution in [2.24, 2.45) is 16.8 Å². The molecule has 0 atom stereocenters. The number of nitrogens with one attached hydrogen (secondary N) is 1. The van der Waals surface area contributed by atoms with Gasteiger partial charge in [-0.2, -0.15) is 5.10 Å². The number of nitrogens with zero attached hydrogens (tertiary/aromatic N) is 5. The number of carbonyl (C=O) groups excluding carboxylic acids is 2. The molecule has 0 aliphatic carbocycles. The fourth-order valence-electron chi connectivity index (χ4n) is 3.32. The summed E-state index contributed by atoms with van der Waals surface area (Å²) >= 11 is 0. The topological polar surface area (TPSA) is 175 Å². The Morgan fingerprint density at radius 1 is 1.14 bits per heavy atom. The first kappa shape index (κ1) is 25.9. The standard InChI is InChI=1S/C23H34N8O4/c1-22(2,3)20-30-29-19(34-20)16-14(24)7-8-15(26-16)17(25)27-28-18(32)13-9-11-31(12-10-13)21(33)35-23(4,5)6/h7-8,13H,9-12,24H2,1-6H3,(H2,25,27)(H,28,32). The van der Waals surface area contributed by atoms with Crippen molar-refractivity contribution in [3.05, 3.63) is 23.7 Å². The number of ether oxygens (including phenoxy) is 1. The van der Waals surface area contributed by atoms with Crippen molar-refractivity contribution in [1.29, 1.82) is 0 Å². The molecule has 1 fully saturated rings. The third-order valence-electron chi connectivity index (χ3n) is 5.26. The maximum atomic E-state index is 12.6. The summed E-state index contributed by atoms with van der Waals surface area (Å²) in [6.07, 6.45) is 0.621. The summed E-state index contributed by atoms with van der Waals surface area (Å²) in [5.41, 5.74) is 14.6. The van der Waals surface area contributed by atoms with Gasteiger partial charge in [-0.15, -0.1) is 10.2 Å². The molecular formula is C23H34N8O4. The van der Waals surface area contributed by atoms with E-state index in [0.29, 0.717) is 43.2 Å². The van der Waals surface area contributed by atoms with Crippen LogP contribution in [-0.4, -0.2) is 56.6 Å². The van der Waals surface area contributed by atoms with Crippen LogP contribution in [0.5, 0.6) is 0 Å². The van der Waals surface area contributed by atoms with Gasteiger partial charge in [0, 0.05) is 24.4 Å². The lowest BCUT2D eigenvalue weighted by Crippen LogP contribution is -2.44. The molecule has 0 radical (unpaired) electrons. The van der Waals surface area contributed by atoms with E-state index < -0.39 is 5.60 Å². The van der Waals surface area contributed by atoms with Crippen molar-refractivity contribution in [3.8, 4) is 11.6 Å². The van der Waals surface area contributed by atoms with E-state index in [0.717, 1.165) is 0 Å². The molecule has 5 N–H and O–H groups in total. The number of hydrogen-bond acceptors (Lipinski definition) is 9. The van der Waals surface area contributed by atoms with Crippen LogP contribution < -0.4 is 16.9 Å². The Morgan fingerprint density at radius 2 is 1.80 bits per heavy atom. The minimum atomic E-state index is -0.564. The van der Waals surface area contributed by atoms with Crippen LogP contribution in [0.4, 0.5) is 10.5 Å². The molecule has 12 heteroatoms. The van der Waals surface area contributed by atoms with Gasteiger partial charge in [-0.1, -0.05) is 20.8 Å². The average Bonchev–Trinajstić information content (AvgIpc) is 3.27. The second kappa shape index (κ2) is 9.88. The molecule has 1 saturated heterocycles. The summed E-state index contributed by atoms with van der Waals surface area (Å²) in [6.45, 7) is 12.2. The number of amides is 2. The molecule has 3 heterocycles. The van der Waals surface area contributed by atoms with E-state index in [1.807, 2.05) is 41.5 Å². The fraction of sp³-hybridized carbons (Fsp3) is 0.565. The Balaban J connectivity index is 1.62. The minimum absolute atomic E-state index is 0.00125. The smallest absolute Gasteiger partial charge is 0.410 e. The first-order chi connectivity index (χ1) is 16.2. The van der Waals surface area contributed by atoms with Crippen LogP contribution in [0.15, 0.2) is 21.7 Å². The summed E-state index contributed by atoms with van der Waals surface area (Å²) < 4.78 is 11.1. The molecule has 0 aromatic carbocycles. The predicted molar refractivity (Wildman–Crippen MR) is 130 cm³/mol. The van der Waals surface area contributed by atoms with E-state index in [2.05, 4.69) is 25.7 Å². The number of hydrogen-bond donors (Lipinski definition) is 3. The Morgan fingerprint density at radius 3 is 2.37 bits per heavy atom. The number of anilines is 1. The van der Waals surface area contributed by atoms with Gasteiger partial charge in [0.15, 0.2) is 11.5 Å². The van der Waals surface area contributed by atoms with Crippen LogP contribution in [0.2, 0.25) is 0 Å². The maximum Gasteiger partial charge on any atom is 0.410 e. The van der Waals surface area contributed by atoms with E-state index in [4.69, 9.17) is 20.6 Å². The molecule has 1 aliphatic heterocycles. The van der Waals surface area contributed by atoms with Crippen molar-refractivity contribution in [1.82, 2.24) is 25.5 Å². The van der Waals surface area contributed by atoms with Gasteiger partial charge in [0.2, 0.25) is 11.8 Å². The van der Waals surface area contributed by atoms with Crippen LogP contribution in [0, 0.1) is 5.92 Å². The minimum Gasteiger partial charge on any atom is -0.444 e. The summed E-state index contributed by atoms with van der Waals surface area (Å²) in [5, 5.41) is 12.1. The number of likely N-dealkylation sites (tertiary alicyclic amines) is 1. The average molecular weight is 487 g/mol. The van der Waals surface area contributed by atoms with Crippen molar-refractivity contribution in [3.63, 3.8) is 0 Å². The molecule has 0 unspecified atom stereocenters. The zero-order valence-corrected chi connectivity index (χ0v) is 21.1. The summed E-state index contributed by atoms with van der Waals surface area (Å²) in [5.74, 6) is 0.0449. The lowest BCUT2D eigenvalue weighted by Gasteiger charge is -2.32. The molecule has 0 spiro atoms. The van der Waals surface area contributed by atoms with Gasteiger partial charge in [-0.3, -0.25) is 4.79 Å². The number of pyridine rings is 1. The molecule has 2 aromatic rings. The van der Waals surface area contributed by atoms with Crippen LogP contribution in [0.3, 0.4) is 0 Å². The second-order valence-electron chi connectivity index (χ2n) is 10.5. The molecule has 2 aromatic heterocycles. The third kappa shape index (κ3) is 6.67. The van der Waals surface area contributed by atoms with E-state index in [9.17, 15) is 9.59 Å². The molecule has 12 nitrogen and oxygen atoms in total. The first-order valence-corrected chi connectivity index (χ1v) is 11.5. The molecule has 0 saturated carbocycles. The van der Waals surface area contributed by atoms with Crippen LogP contribution in [0.1, 0.15) is 66.0 Å². The lowest BCUT2D eigenvalue weighted by molar-refractivity contribution is -0.126. The van der Waals surface area contributed by atoms with Crippen molar-refractivity contribution in [2.75, 3.05) is 18.8 Å². The monoisotopic (exact) mass is 486 g/mol. The highest BCUT2D eigenvalue weighted by Gasteiger charge is 2.30. The van der Waals surface area contributed by atoms with E-state index in [-0.39, 0.29) is 40.8 Å². The van der Waals surface area contributed by atoms with Gasteiger partial charge in [0.1, 0.15) is 11.3 Å². The number of amidine groups is 1. The zero-order chi connectivity index (χ0) is 26.0. The molecular weight excluding hydrogens is 452 g/mol. The van der Waals surface area contributed by atoms with Crippen LogP contribution in [-0.2, 0) is 14.9 Å². The van der Waals surface area contributed by atoms with Gasteiger partial charge in [0.05, 0.1) is 5.69 Å². The maximum absolute atomic E-state index is 12.6. The number of rotatable bonds is 4. The molecule has 190 valence electrons. The van der Waals surface area contributed by atoms with Crippen LogP contribution in [0.25, 0.3) is 11.6 Å². The van der Waals surface area contributed by atoms with Crippen LogP contribution >= 0.6 is 0 Å². The number of carbonyl (C=O) groups is 2. The number of aromatic nitrogens is 3. The number of piperidine rings is 1. The van der Waals surface area contributed by atoms with Gasteiger partial charge >= 0.3 is 6.09 Å². The molecule has 3 rings (SSSR count). The summed E-state index contributed by atoms with van der Waals surface area (Å²) in [4.78, 5) is 30.8. The first-order valence-electron chi connectivity index (χ1n) is 11.5. The number of hydrazone groups is 1. The fourth-order valence-corrected chi connectivity index (χ4v) is 3.32. The van der Waals surface area contributed by atoms with Crippen molar-refractivity contribution >= 4 is 23.5 Å². The summed E-state index contributed by atoms with van der Waals surface area (Å²) in [6, 6.07) is 3.19. The SMILES string of the molecule is CC(C)(C)OC(=O)N1CCC(C(=O)N/N=C(\N)c2ccc(N)c(-c3nnc(C(C)(C)C)o3)n2)CC1. The Hall–Kier alpha value is -3.70. The second-order valence-corrected chi connectivity index (χ2v) is 10.5. The Labute approximate surface area is 204 Å². The van der Waals surface area contributed by atoms with Crippen molar-refractivity contribution < 1.29 is 18.7 Å². The largest absolute Gasteiger partial charge is 0.444 e. The van der Waals surface area contributed by atoms with E-state index in [1.54, 1.807) is 17.0 Å². The number of nitrogen functional groups attached to an aromatic ring is 1. The molecule has 0 bridgehead atoms. The lowest BCUT2D eigenvalue weighted by atomic mass is 9.96. The van der Waals surface area contributed by atoms with E-state index >= 15 is 0 Å². The highest BCUT2D eigenvalue weighted by molar-refractivity contribution is 5.97. The quantitative estimate of drug-likeness (QED) is 0.333. The third-order valence-corrected chi connectivity index (χ3v) is 5.26. The highest BCUT2D eigenvalue weighted by atomic mass is 16.6. The highest BCUT2D eigenvalue weighted by Crippen LogP contribution is 2.27. The molecule has 1 aliphatic rings. The van der Waals surface area contributed by atoms with Gasteiger partial charge in [-0.05, 0) is 45.7 Å². The molecule has 35 heavy (non-hydrogen) atoms. The van der Waals surface area contributed by atoms with Gasteiger partial charge in [0.25, 0.3) is 5.89 Å². The van der Waals surface area contributed by atoms with Gasteiger partial charge in [-0.25, -0.2) is 15.2 Å². The van der Waals surface area contributed by atoms with E-state index in [1.165, 1.54) is 0 Å². The van der Waals surface area contributed by atoms with Gasteiger partial charge < -0.3 is 25.5 Å². The Bertz CT molecular complexity index is 1110. The Kier molecular flexibility index (Phi) is 7.32. The predicted octanol–water partition coefficient (Wildman–Crippen LogP) is 2.39. The zero-order valence-electron chi connectivity index (χ0n) is 21.1. The normalized spacial score (nSPS) is 15.7. The summed E-state index contributed by atoms with van der Waals surface area (Å²) in [7, 11) is 0.